The molecule has 27 heavy (non-hydrogen) atoms. The molecular formula is C20H32N2O4S. The molecule has 152 valence electrons. The van der Waals surface area contributed by atoms with Gasteiger partial charge in [0.2, 0.25) is 15.9 Å². The van der Waals surface area contributed by atoms with Crippen LogP contribution in [0, 0.1) is 5.92 Å². The average molecular weight is 397 g/mol. The van der Waals surface area contributed by atoms with Crippen molar-refractivity contribution in [3.05, 3.63) is 29.3 Å². The molecule has 0 atom stereocenters. The summed E-state index contributed by atoms with van der Waals surface area (Å²) in [5, 5.41) is 2.82. The summed E-state index contributed by atoms with van der Waals surface area (Å²) in [7, 11) is -1.77. The minimum Gasteiger partial charge on any atom is -0.497 e. The molecule has 0 unspecified atom stereocenters. The zero-order valence-corrected chi connectivity index (χ0v) is 17.5. The van der Waals surface area contributed by atoms with Crippen LogP contribution in [0.1, 0.15) is 50.7 Å². The fraction of sp³-hybridized carbons (Fsp3) is 0.650. The van der Waals surface area contributed by atoms with Crippen molar-refractivity contribution in [1.82, 2.24) is 9.62 Å². The number of nitrogens with zero attached hydrogens (tertiary/aromatic N) is 1. The number of amides is 1. The Morgan fingerprint density at radius 3 is 2.56 bits per heavy atom. The van der Waals surface area contributed by atoms with Gasteiger partial charge in [-0.25, -0.2) is 8.42 Å². The molecule has 6 nitrogen and oxygen atoms in total. The Bertz CT molecular complexity index is 727. The minimum absolute atomic E-state index is 0.0143. The summed E-state index contributed by atoms with van der Waals surface area (Å²) in [4.78, 5) is 12.3. The van der Waals surface area contributed by atoms with Crippen LogP contribution in [0.4, 0.5) is 0 Å². The van der Waals surface area contributed by atoms with Gasteiger partial charge in [-0.3, -0.25) is 4.79 Å². The van der Waals surface area contributed by atoms with E-state index in [9.17, 15) is 13.2 Å². The number of carbonyl (C=O) groups excluding carboxylic acids is 1. The van der Waals surface area contributed by atoms with E-state index in [1.54, 1.807) is 7.11 Å². The lowest BCUT2D eigenvalue weighted by atomic mass is 9.97. The van der Waals surface area contributed by atoms with Gasteiger partial charge in [-0.05, 0) is 42.5 Å². The summed E-state index contributed by atoms with van der Waals surface area (Å²) < 4.78 is 32.1. The van der Waals surface area contributed by atoms with Gasteiger partial charge in [0, 0.05) is 25.6 Å². The second kappa shape index (κ2) is 10.1. The summed E-state index contributed by atoms with van der Waals surface area (Å²) in [6.45, 7) is 5.13. The van der Waals surface area contributed by atoms with E-state index in [0.717, 1.165) is 42.6 Å². The van der Waals surface area contributed by atoms with Crippen molar-refractivity contribution in [2.45, 2.75) is 52.5 Å². The van der Waals surface area contributed by atoms with Crippen LogP contribution in [-0.2, 0) is 27.8 Å². The van der Waals surface area contributed by atoms with E-state index in [0.29, 0.717) is 19.5 Å². The van der Waals surface area contributed by atoms with Crippen LogP contribution in [0.15, 0.2) is 18.2 Å². The Labute approximate surface area is 163 Å². The quantitative estimate of drug-likeness (QED) is 0.660. The zero-order chi connectivity index (χ0) is 19.9. The molecular weight excluding hydrogens is 364 g/mol. The van der Waals surface area contributed by atoms with Crippen LogP contribution in [0.5, 0.6) is 5.75 Å². The van der Waals surface area contributed by atoms with E-state index in [4.69, 9.17) is 4.74 Å². The molecule has 7 heteroatoms. The lowest BCUT2D eigenvalue weighted by Gasteiger charge is -2.28. The summed E-state index contributed by atoms with van der Waals surface area (Å²) in [6, 6.07) is 5.76. The van der Waals surface area contributed by atoms with Crippen LogP contribution >= 0.6 is 0 Å². The molecule has 0 bridgehead atoms. The maximum Gasteiger partial charge on any atom is 0.223 e. The van der Waals surface area contributed by atoms with E-state index < -0.39 is 10.0 Å². The van der Waals surface area contributed by atoms with Gasteiger partial charge in [-0.15, -0.1) is 0 Å². The second-order valence-electron chi connectivity index (χ2n) is 7.10. The van der Waals surface area contributed by atoms with Gasteiger partial charge in [-0.2, -0.15) is 4.31 Å². The minimum atomic E-state index is -3.40. The summed E-state index contributed by atoms with van der Waals surface area (Å²) in [6.07, 6.45) is 4.27. The van der Waals surface area contributed by atoms with Crippen molar-refractivity contribution >= 4 is 15.9 Å². The monoisotopic (exact) mass is 396 g/mol. The van der Waals surface area contributed by atoms with Gasteiger partial charge in [0.05, 0.1) is 12.9 Å². The van der Waals surface area contributed by atoms with Gasteiger partial charge in [0.15, 0.2) is 0 Å². The smallest absolute Gasteiger partial charge is 0.223 e. The van der Waals surface area contributed by atoms with Crippen molar-refractivity contribution in [2.75, 3.05) is 26.0 Å². The predicted octanol–water partition coefficient (Wildman–Crippen LogP) is 2.72. The number of hydrogen-bond acceptors (Lipinski definition) is 4. The van der Waals surface area contributed by atoms with E-state index in [-0.39, 0.29) is 24.1 Å². The first-order valence-corrected chi connectivity index (χ1v) is 11.4. The number of hydrogen-bond donors (Lipinski definition) is 1. The van der Waals surface area contributed by atoms with Crippen LogP contribution in [0.3, 0.4) is 0 Å². The third-order valence-electron chi connectivity index (χ3n) is 5.09. The molecule has 1 aromatic rings. The molecule has 1 amide bonds. The first-order valence-electron chi connectivity index (χ1n) is 9.82. The van der Waals surface area contributed by atoms with Gasteiger partial charge in [0.1, 0.15) is 5.75 Å². The fourth-order valence-electron chi connectivity index (χ4n) is 3.55. The Morgan fingerprint density at radius 2 is 1.93 bits per heavy atom. The highest BCUT2D eigenvalue weighted by Gasteiger charge is 2.27. The van der Waals surface area contributed by atoms with Crippen molar-refractivity contribution in [3.8, 4) is 5.75 Å². The van der Waals surface area contributed by atoms with Gasteiger partial charge < -0.3 is 10.1 Å². The number of carbonyl (C=O) groups is 1. The molecule has 0 fully saturated rings. The number of methoxy groups -OCH3 is 1. The number of nitrogens with one attached hydrogen (secondary N) is 1. The Balaban J connectivity index is 1.90. The van der Waals surface area contributed by atoms with Crippen molar-refractivity contribution < 1.29 is 17.9 Å². The molecule has 0 saturated carbocycles. The molecule has 0 saturated heterocycles. The zero-order valence-electron chi connectivity index (χ0n) is 16.7. The summed E-state index contributed by atoms with van der Waals surface area (Å²) in [5.74, 6) is 0.695. The molecule has 1 N–H and O–H groups in total. The molecule has 0 spiro atoms. The predicted molar refractivity (Wildman–Crippen MR) is 107 cm³/mol. The van der Waals surface area contributed by atoms with Gasteiger partial charge in [0.25, 0.3) is 0 Å². The first kappa shape index (κ1) is 21.7. The van der Waals surface area contributed by atoms with Crippen LogP contribution in [0.2, 0.25) is 0 Å². The van der Waals surface area contributed by atoms with Crippen molar-refractivity contribution in [3.63, 3.8) is 0 Å². The maximum atomic E-state index is 12.7. The number of rotatable bonds is 10. The Kier molecular flexibility index (Phi) is 8.10. The van der Waals surface area contributed by atoms with Crippen LogP contribution in [-0.4, -0.2) is 44.6 Å². The largest absolute Gasteiger partial charge is 0.497 e. The van der Waals surface area contributed by atoms with Gasteiger partial charge in [-0.1, -0.05) is 32.8 Å². The third-order valence-corrected chi connectivity index (χ3v) is 6.91. The molecule has 1 aliphatic rings. The normalized spacial score (nSPS) is 14.8. The highest BCUT2D eigenvalue weighted by atomic mass is 32.2. The van der Waals surface area contributed by atoms with E-state index >= 15 is 0 Å². The van der Waals surface area contributed by atoms with Crippen molar-refractivity contribution in [2.24, 2.45) is 5.92 Å². The molecule has 2 rings (SSSR count). The Hall–Kier alpha value is -1.60. The highest BCUT2D eigenvalue weighted by molar-refractivity contribution is 7.89. The number of sulfonamides is 1. The molecule has 1 heterocycles. The highest BCUT2D eigenvalue weighted by Crippen LogP contribution is 2.25. The topological polar surface area (TPSA) is 75.7 Å². The summed E-state index contributed by atoms with van der Waals surface area (Å²) in [5.41, 5.74) is 2.15. The number of ether oxygens (including phenoxy) is 1. The number of benzene rings is 1. The Morgan fingerprint density at radius 1 is 1.22 bits per heavy atom. The molecule has 0 aliphatic carbocycles. The fourth-order valence-corrected chi connectivity index (χ4v) is 4.87. The van der Waals surface area contributed by atoms with E-state index in [2.05, 4.69) is 19.2 Å². The summed E-state index contributed by atoms with van der Waals surface area (Å²) >= 11 is 0. The second-order valence-corrected chi connectivity index (χ2v) is 9.19. The third kappa shape index (κ3) is 5.94. The molecule has 1 aliphatic heterocycles. The lowest BCUT2D eigenvalue weighted by molar-refractivity contribution is -0.125. The first-order chi connectivity index (χ1) is 12.9. The number of fused-ring (bicyclic) bond motifs is 1. The van der Waals surface area contributed by atoms with Crippen LogP contribution < -0.4 is 10.1 Å². The van der Waals surface area contributed by atoms with Crippen LogP contribution in [0.25, 0.3) is 0 Å². The standard InChI is InChI=1S/C20H32N2O4S/c1-4-6-16(7-5-2)20(23)21-11-13-27(24,25)22-12-10-17-14-19(26-3)9-8-18(17)15-22/h8-9,14,16H,4-7,10-13,15H2,1-3H3,(H,21,23). The molecule has 0 radical (unpaired) electrons. The maximum absolute atomic E-state index is 12.7. The van der Waals surface area contributed by atoms with E-state index in [1.807, 2.05) is 18.2 Å². The van der Waals surface area contributed by atoms with Crippen molar-refractivity contribution in [1.29, 1.82) is 0 Å². The van der Waals surface area contributed by atoms with Gasteiger partial charge >= 0.3 is 0 Å². The lowest BCUT2D eigenvalue weighted by Crippen LogP contribution is -2.41. The molecule has 0 aromatic heterocycles. The molecule has 1 aromatic carbocycles. The average Bonchev–Trinajstić information content (AvgIpc) is 2.66. The SMILES string of the molecule is CCCC(CCC)C(=O)NCCS(=O)(=O)N1CCc2cc(OC)ccc2C1. The van der Waals surface area contributed by atoms with E-state index in [1.165, 1.54) is 4.31 Å².